The average molecular weight is 153 g/mol. The van der Waals surface area contributed by atoms with Gasteiger partial charge in [-0.05, 0) is 12.1 Å². The maximum absolute atomic E-state index is 4.18. The molecule has 0 radical (unpaired) electrons. The molecule has 0 N–H and O–H groups in total. The van der Waals surface area contributed by atoms with Crippen molar-refractivity contribution in [1.82, 2.24) is 4.98 Å². The van der Waals surface area contributed by atoms with Gasteiger partial charge in [0.1, 0.15) is 0 Å². The van der Waals surface area contributed by atoms with Gasteiger partial charge >= 0.3 is 29.6 Å². The zero-order valence-electron chi connectivity index (χ0n) is 7.49. The fourth-order valence-electron chi connectivity index (χ4n) is 1.02. The van der Waals surface area contributed by atoms with E-state index in [1.807, 2.05) is 30.5 Å². The topological polar surface area (TPSA) is 12.9 Å². The van der Waals surface area contributed by atoms with E-state index in [2.05, 4.69) is 17.1 Å². The van der Waals surface area contributed by atoms with Gasteiger partial charge in [0.05, 0.1) is 5.52 Å². The Bertz CT molecular complexity index is 286. The molecule has 0 aliphatic heterocycles. The van der Waals surface area contributed by atoms with Crippen molar-refractivity contribution in [2.75, 3.05) is 0 Å². The van der Waals surface area contributed by atoms with Gasteiger partial charge in [0.2, 0.25) is 0 Å². The Hall–Kier alpha value is -0.370. The second-order valence-corrected chi connectivity index (χ2v) is 2.20. The first-order valence-electron chi connectivity index (χ1n) is 3.26. The van der Waals surface area contributed by atoms with Crippen LogP contribution in [0.1, 0.15) is 1.43 Å². The summed E-state index contributed by atoms with van der Waals surface area (Å²) in [6.07, 6.45) is 1.81. The van der Waals surface area contributed by atoms with Crippen LogP contribution in [0.15, 0.2) is 42.6 Å². The molecular weight excluding hydrogens is 145 g/mol. The third kappa shape index (κ3) is 1.80. The predicted molar refractivity (Wildman–Crippen MR) is 42.9 cm³/mol. The van der Waals surface area contributed by atoms with E-state index in [9.17, 15) is 0 Å². The van der Waals surface area contributed by atoms with Gasteiger partial charge in [-0.15, -0.1) is 0 Å². The fourth-order valence-corrected chi connectivity index (χ4v) is 1.02. The molecule has 0 spiro atoms. The molecule has 0 amide bonds. The summed E-state index contributed by atoms with van der Waals surface area (Å²) in [6, 6.07) is 12.1. The zero-order valence-corrected chi connectivity index (χ0v) is 8.49. The van der Waals surface area contributed by atoms with Crippen LogP contribution in [0.5, 0.6) is 0 Å². The van der Waals surface area contributed by atoms with Crippen molar-refractivity contribution in [1.29, 1.82) is 0 Å². The number of aromatic nitrogens is 1. The van der Waals surface area contributed by atoms with Gasteiger partial charge in [-0.25, -0.2) is 0 Å². The molecule has 0 fully saturated rings. The Morgan fingerprint density at radius 3 is 2.55 bits per heavy atom. The minimum absolute atomic E-state index is 0. The molecule has 0 aliphatic carbocycles. The summed E-state index contributed by atoms with van der Waals surface area (Å²) in [5.41, 5.74) is 1.06. The first-order chi connectivity index (χ1) is 4.97. The maximum Gasteiger partial charge on any atom is 1.00 e. The van der Waals surface area contributed by atoms with Crippen LogP contribution in [0.2, 0.25) is 0 Å². The standard InChI is InChI=1S/C9H7N.Na.H/c1-2-6-9-8(4-1)5-3-7-10-9;;/h1-7H;;/q;+1;-1. The van der Waals surface area contributed by atoms with Crippen molar-refractivity contribution < 1.29 is 31.0 Å². The van der Waals surface area contributed by atoms with E-state index in [0.29, 0.717) is 0 Å². The van der Waals surface area contributed by atoms with Crippen LogP contribution in [0.3, 0.4) is 0 Å². The summed E-state index contributed by atoms with van der Waals surface area (Å²) in [7, 11) is 0. The summed E-state index contributed by atoms with van der Waals surface area (Å²) >= 11 is 0. The summed E-state index contributed by atoms with van der Waals surface area (Å²) in [5.74, 6) is 0. The van der Waals surface area contributed by atoms with Gasteiger partial charge < -0.3 is 1.43 Å². The molecule has 2 aromatic rings. The van der Waals surface area contributed by atoms with Gasteiger partial charge in [0.15, 0.2) is 0 Å². The van der Waals surface area contributed by atoms with Gasteiger partial charge in [0.25, 0.3) is 0 Å². The van der Waals surface area contributed by atoms with Crippen molar-refractivity contribution in [2.24, 2.45) is 0 Å². The summed E-state index contributed by atoms with van der Waals surface area (Å²) in [6.45, 7) is 0. The van der Waals surface area contributed by atoms with Gasteiger partial charge in [-0.2, -0.15) is 0 Å². The van der Waals surface area contributed by atoms with Crippen molar-refractivity contribution >= 4 is 10.9 Å². The molecule has 2 heteroatoms. The molecular formula is C9H8NNa. The van der Waals surface area contributed by atoms with Crippen LogP contribution >= 0.6 is 0 Å². The van der Waals surface area contributed by atoms with Crippen molar-refractivity contribution in [3.8, 4) is 0 Å². The van der Waals surface area contributed by atoms with Gasteiger partial charge in [-0.3, -0.25) is 4.98 Å². The van der Waals surface area contributed by atoms with Crippen LogP contribution in [-0.4, -0.2) is 4.98 Å². The van der Waals surface area contributed by atoms with Crippen LogP contribution < -0.4 is 29.6 Å². The quantitative estimate of drug-likeness (QED) is 0.458. The first-order valence-corrected chi connectivity index (χ1v) is 3.26. The number of hydrogen-bond donors (Lipinski definition) is 0. The Balaban J connectivity index is 0.000000605. The monoisotopic (exact) mass is 153 g/mol. The van der Waals surface area contributed by atoms with Crippen LogP contribution in [0, 0.1) is 0 Å². The SMILES string of the molecule is [H-].[Na+].c1ccc2ncccc2c1. The Morgan fingerprint density at radius 2 is 1.73 bits per heavy atom. The largest absolute Gasteiger partial charge is 1.00 e. The van der Waals surface area contributed by atoms with Crippen LogP contribution in [0.4, 0.5) is 0 Å². The second kappa shape index (κ2) is 3.86. The predicted octanol–water partition coefficient (Wildman–Crippen LogP) is -0.649. The molecule has 0 atom stereocenters. The molecule has 0 saturated carbocycles. The van der Waals surface area contributed by atoms with E-state index >= 15 is 0 Å². The molecule has 1 heterocycles. The van der Waals surface area contributed by atoms with Crippen molar-refractivity contribution in [2.45, 2.75) is 0 Å². The number of fused-ring (bicyclic) bond motifs is 1. The molecule has 1 nitrogen and oxygen atoms in total. The molecule has 1 aromatic heterocycles. The third-order valence-electron chi connectivity index (χ3n) is 1.51. The van der Waals surface area contributed by atoms with E-state index in [1.54, 1.807) is 0 Å². The van der Waals surface area contributed by atoms with Crippen LogP contribution in [0.25, 0.3) is 10.9 Å². The Labute approximate surface area is 89.2 Å². The fraction of sp³-hybridized carbons (Fsp3) is 0. The first kappa shape index (κ1) is 8.72. The minimum Gasteiger partial charge on any atom is -1.00 e. The maximum atomic E-state index is 4.18. The molecule has 11 heavy (non-hydrogen) atoms. The number of pyridine rings is 1. The molecule has 0 aliphatic rings. The van der Waals surface area contributed by atoms with E-state index in [0.717, 1.165) is 5.52 Å². The number of nitrogens with zero attached hydrogens (tertiary/aromatic N) is 1. The smallest absolute Gasteiger partial charge is 1.00 e. The summed E-state index contributed by atoms with van der Waals surface area (Å²) in [5, 5.41) is 1.20. The zero-order chi connectivity index (χ0) is 6.81. The minimum atomic E-state index is 0. The number of benzene rings is 1. The molecule has 2 rings (SSSR count). The number of rotatable bonds is 0. The van der Waals surface area contributed by atoms with Crippen molar-refractivity contribution in [3.05, 3.63) is 42.6 Å². The third-order valence-corrected chi connectivity index (χ3v) is 1.51. The van der Waals surface area contributed by atoms with E-state index < -0.39 is 0 Å². The van der Waals surface area contributed by atoms with Gasteiger partial charge in [0, 0.05) is 11.6 Å². The number of para-hydroxylation sites is 1. The molecule has 1 aromatic carbocycles. The van der Waals surface area contributed by atoms with Crippen LogP contribution in [-0.2, 0) is 0 Å². The van der Waals surface area contributed by atoms with E-state index in [-0.39, 0.29) is 31.0 Å². The second-order valence-electron chi connectivity index (χ2n) is 2.20. The number of hydrogen-bond acceptors (Lipinski definition) is 1. The van der Waals surface area contributed by atoms with E-state index in [4.69, 9.17) is 0 Å². The molecule has 50 valence electrons. The Kier molecular flexibility index (Phi) is 3.06. The molecule has 0 saturated heterocycles. The summed E-state index contributed by atoms with van der Waals surface area (Å²) in [4.78, 5) is 4.18. The van der Waals surface area contributed by atoms with Crippen molar-refractivity contribution in [3.63, 3.8) is 0 Å². The molecule has 0 unspecified atom stereocenters. The normalized spacial score (nSPS) is 9.09. The Morgan fingerprint density at radius 1 is 1.00 bits per heavy atom. The summed E-state index contributed by atoms with van der Waals surface area (Å²) < 4.78 is 0. The molecule has 0 bridgehead atoms. The van der Waals surface area contributed by atoms with Gasteiger partial charge in [-0.1, -0.05) is 24.3 Å². The van der Waals surface area contributed by atoms with E-state index in [1.165, 1.54) is 5.39 Å². The average Bonchev–Trinajstić information content (AvgIpc) is 2.05.